The van der Waals surface area contributed by atoms with Crippen LogP contribution in [0.4, 0.5) is 5.69 Å². The zero-order valence-corrected chi connectivity index (χ0v) is 18.8. The molecule has 1 heterocycles. The summed E-state index contributed by atoms with van der Waals surface area (Å²) < 4.78 is 9.50. The van der Waals surface area contributed by atoms with Crippen molar-refractivity contribution < 1.29 is 9.53 Å². The summed E-state index contributed by atoms with van der Waals surface area (Å²) in [6.07, 6.45) is 0. The first-order valence-electron chi connectivity index (χ1n) is 10.4. The van der Waals surface area contributed by atoms with Crippen LogP contribution in [0.1, 0.15) is 12.5 Å². The Balaban J connectivity index is 1.70. The van der Waals surface area contributed by atoms with E-state index in [2.05, 4.69) is 5.32 Å². The van der Waals surface area contributed by atoms with Gasteiger partial charge in [-0.3, -0.25) is 9.36 Å². The van der Waals surface area contributed by atoms with Gasteiger partial charge in [0.2, 0.25) is 10.7 Å². The number of ether oxygens (including phenoxy) is 1. The maximum Gasteiger partial charge on any atom is 0.246 e. The van der Waals surface area contributed by atoms with Crippen molar-refractivity contribution in [3.8, 4) is 22.8 Å². The molecule has 3 aromatic carbocycles. The molecule has 4 aromatic rings. The van der Waals surface area contributed by atoms with Crippen LogP contribution in [0.5, 0.6) is 5.75 Å². The molecule has 7 heteroatoms. The molecule has 0 saturated heterocycles. The van der Waals surface area contributed by atoms with Gasteiger partial charge >= 0.3 is 0 Å². The molecule has 0 unspecified atom stereocenters. The van der Waals surface area contributed by atoms with Gasteiger partial charge in [-0.15, -0.1) is 0 Å². The summed E-state index contributed by atoms with van der Waals surface area (Å²) in [6, 6.07) is 25.2. The third-order valence-corrected chi connectivity index (χ3v) is 5.28. The Labute approximate surface area is 192 Å². The number of hydrogen-bond acceptors (Lipinski definition) is 4. The first-order valence-corrected chi connectivity index (χ1v) is 10.8. The van der Waals surface area contributed by atoms with E-state index in [1.54, 1.807) is 4.68 Å². The second-order valence-corrected chi connectivity index (χ2v) is 7.65. The standard InChI is InChI=1S/C25H24N4O2S/c1-3-31-22-15-8-7-14-21(22)26-23(30)17-28-25(32)29(20-13-9-10-18(2)16-20)24(27-28)19-11-5-4-6-12-19/h4-16H,3,17H2,1-2H3,(H,26,30). The summed E-state index contributed by atoms with van der Waals surface area (Å²) in [5.41, 5.74) is 3.55. The van der Waals surface area contributed by atoms with Crippen LogP contribution in [-0.2, 0) is 11.3 Å². The molecule has 1 amide bonds. The molecule has 162 valence electrons. The third-order valence-electron chi connectivity index (χ3n) is 4.89. The number of para-hydroxylation sites is 2. The minimum Gasteiger partial charge on any atom is -0.492 e. The van der Waals surface area contributed by atoms with Crippen LogP contribution < -0.4 is 10.1 Å². The number of aryl methyl sites for hydroxylation is 1. The van der Waals surface area contributed by atoms with Crippen molar-refractivity contribution in [3.05, 3.63) is 89.2 Å². The van der Waals surface area contributed by atoms with Crippen LogP contribution in [0.3, 0.4) is 0 Å². The number of anilines is 1. The normalized spacial score (nSPS) is 10.7. The van der Waals surface area contributed by atoms with Gasteiger partial charge in [-0.05, 0) is 55.9 Å². The smallest absolute Gasteiger partial charge is 0.246 e. The Morgan fingerprint density at radius 3 is 2.53 bits per heavy atom. The van der Waals surface area contributed by atoms with Gasteiger partial charge in [-0.25, -0.2) is 4.68 Å². The Hall–Kier alpha value is -3.71. The van der Waals surface area contributed by atoms with Crippen LogP contribution in [0, 0.1) is 11.7 Å². The predicted molar refractivity (Wildman–Crippen MR) is 129 cm³/mol. The fourth-order valence-electron chi connectivity index (χ4n) is 3.46. The minimum atomic E-state index is -0.234. The van der Waals surface area contributed by atoms with Crippen molar-refractivity contribution >= 4 is 23.8 Å². The number of carbonyl (C=O) groups excluding carboxylic acids is 1. The average molecular weight is 445 g/mol. The van der Waals surface area contributed by atoms with Gasteiger partial charge in [0.1, 0.15) is 12.3 Å². The maximum absolute atomic E-state index is 12.9. The summed E-state index contributed by atoms with van der Waals surface area (Å²) in [7, 11) is 0. The predicted octanol–water partition coefficient (Wildman–Crippen LogP) is 5.42. The summed E-state index contributed by atoms with van der Waals surface area (Å²) in [5, 5.41) is 7.62. The van der Waals surface area contributed by atoms with Gasteiger partial charge in [-0.2, -0.15) is 5.10 Å². The van der Waals surface area contributed by atoms with E-state index in [-0.39, 0.29) is 12.5 Å². The van der Waals surface area contributed by atoms with Gasteiger partial charge in [-0.1, -0.05) is 54.6 Å². The number of amides is 1. The molecular formula is C25H24N4O2S. The highest BCUT2D eigenvalue weighted by molar-refractivity contribution is 7.71. The number of rotatable bonds is 7. The second kappa shape index (κ2) is 9.62. The molecule has 6 nitrogen and oxygen atoms in total. The lowest BCUT2D eigenvalue weighted by Crippen LogP contribution is -2.20. The van der Waals surface area contributed by atoms with Crippen LogP contribution in [0.25, 0.3) is 17.1 Å². The number of carbonyl (C=O) groups is 1. The first kappa shape index (κ1) is 21.5. The fraction of sp³-hybridized carbons (Fsp3) is 0.160. The van der Waals surface area contributed by atoms with Crippen LogP contribution >= 0.6 is 12.2 Å². The monoisotopic (exact) mass is 444 g/mol. The highest BCUT2D eigenvalue weighted by Crippen LogP contribution is 2.25. The molecule has 1 aromatic heterocycles. The van der Waals surface area contributed by atoms with E-state index in [1.165, 1.54) is 0 Å². The number of hydrogen-bond donors (Lipinski definition) is 1. The fourth-order valence-corrected chi connectivity index (χ4v) is 3.76. The molecule has 0 bridgehead atoms. The van der Waals surface area contributed by atoms with Gasteiger partial charge in [0.05, 0.1) is 18.0 Å². The van der Waals surface area contributed by atoms with Crippen LogP contribution in [0.2, 0.25) is 0 Å². The van der Waals surface area contributed by atoms with Crippen molar-refractivity contribution in [2.75, 3.05) is 11.9 Å². The van der Waals surface area contributed by atoms with Crippen molar-refractivity contribution in [2.45, 2.75) is 20.4 Å². The summed E-state index contributed by atoms with van der Waals surface area (Å²) in [6.45, 7) is 4.43. The molecule has 0 saturated carbocycles. The lowest BCUT2D eigenvalue weighted by molar-refractivity contribution is -0.116. The van der Waals surface area contributed by atoms with E-state index in [9.17, 15) is 4.79 Å². The van der Waals surface area contributed by atoms with Gasteiger partial charge in [0.25, 0.3) is 0 Å². The molecule has 1 N–H and O–H groups in total. The molecule has 4 rings (SSSR count). The molecule has 0 aliphatic rings. The van der Waals surface area contributed by atoms with E-state index in [4.69, 9.17) is 22.1 Å². The molecule has 0 spiro atoms. The Morgan fingerprint density at radius 1 is 1.03 bits per heavy atom. The van der Waals surface area contributed by atoms with E-state index in [1.807, 2.05) is 97.3 Å². The Bertz CT molecular complexity index is 1290. The van der Waals surface area contributed by atoms with Crippen LogP contribution in [-0.4, -0.2) is 26.9 Å². The number of benzene rings is 3. The number of nitrogens with one attached hydrogen (secondary N) is 1. The molecule has 0 radical (unpaired) electrons. The minimum absolute atomic E-state index is 0.0159. The highest BCUT2D eigenvalue weighted by Gasteiger charge is 2.17. The highest BCUT2D eigenvalue weighted by atomic mass is 32.1. The number of nitrogens with zero attached hydrogens (tertiary/aromatic N) is 3. The average Bonchev–Trinajstić information content (AvgIpc) is 3.12. The number of aromatic nitrogens is 3. The van der Waals surface area contributed by atoms with Gasteiger partial charge in [0, 0.05) is 5.56 Å². The third kappa shape index (κ3) is 4.63. The first-order chi connectivity index (χ1) is 15.6. The lowest BCUT2D eigenvalue weighted by Gasteiger charge is -2.11. The topological polar surface area (TPSA) is 61.1 Å². The SMILES string of the molecule is CCOc1ccccc1NC(=O)Cn1nc(-c2ccccc2)n(-c2cccc(C)c2)c1=S. The Kier molecular flexibility index (Phi) is 6.47. The quantitative estimate of drug-likeness (QED) is 0.387. The van der Waals surface area contributed by atoms with Crippen molar-refractivity contribution in [1.29, 1.82) is 0 Å². The Morgan fingerprint density at radius 2 is 1.78 bits per heavy atom. The van der Waals surface area contributed by atoms with Crippen molar-refractivity contribution in [3.63, 3.8) is 0 Å². The zero-order valence-electron chi connectivity index (χ0n) is 18.0. The largest absolute Gasteiger partial charge is 0.492 e. The molecule has 0 aliphatic heterocycles. The molecule has 0 fully saturated rings. The summed E-state index contributed by atoms with van der Waals surface area (Å²) in [4.78, 5) is 12.9. The van der Waals surface area contributed by atoms with E-state index >= 15 is 0 Å². The second-order valence-electron chi connectivity index (χ2n) is 7.28. The molecule has 32 heavy (non-hydrogen) atoms. The van der Waals surface area contributed by atoms with Gasteiger partial charge < -0.3 is 10.1 Å². The lowest BCUT2D eigenvalue weighted by atomic mass is 10.2. The van der Waals surface area contributed by atoms with Crippen molar-refractivity contribution in [1.82, 2.24) is 14.3 Å². The zero-order chi connectivity index (χ0) is 22.5. The summed E-state index contributed by atoms with van der Waals surface area (Å²) >= 11 is 5.75. The summed E-state index contributed by atoms with van der Waals surface area (Å²) in [5.74, 6) is 1.08. The van der Waals surface area contributed by atoms with E-state index in [0.717, 1.165) is 16.8 Å². The molecular weight excluding hydrogens is 420 g/mol. The van der Waals surface area contributed by atoms with E-state index in [0.29, 0.717) is 28.6 Å². The van der Waals surface area contributed by atoms with Gasteiger partial charge in [0.15, 0.2) is 5.82 Å². The van der Waals surface area contributed by atoms with E-state index < -0.39 is 0 Å². The van der Waals surface area contributed by atoms with Crippen molar-refractivity contribution in [2.24, 2.45) is 0 Å². The van der Waals surface area contributed by atoms with Crippen LogP contribution in [0.15, 0.2) is 78.9 Å². The maximum atomic E-state index is 12.9. The molecule has 0 aliphatic carbocycles. The molecule has 0 atom stereocenters.